The zero-order chi connectivity index (χ0) is 8.53. The lowest BCUT2D eigenvalue weighted by molar-refractivity contribution is -0.114. The molecular formula is C9H16OS. The Kier molecular flexibility index (Phi) is 7.69. The zero-order valence-corrected chi connectivity index (χ0v) is 8.12. The van der Waals surface area contributed by atoms with Gasteiger partial charge >= 0.3 is 0 Å². The van der Waals surface area contributed by atoms with Crippen molar-refractivity contribution in [3.8, 4) is 0 Å². The summed E-state index contributed by atoms with van der Waals surface area (Å²) in [7, 11) is 0. The van der Waals surface area contributed by atoms with Crippen molar-refractivity contribution in [2.24, 2.45) is 0 Å². The van der Waals surface area contributed by atoms with Gasteiger partial charge in [0.05, 0.1) is 0 Å². The highest BCUT2D eigenvalue weighted by molar-refractivity contribution is 8.01. The number of rotatable bonds is 6. The molecule has 0 aliphatic heterocycles. The van der Waals surface area contributed by atoms with Crippen LogP contribution in [0, 0.1) is 0 Å². The van der Waals surface area contributed by atoms with E-state index in [1.54, 1.807) is 17.8 Å². The van der Waals surface area contributed by atoms with Crippen molar-refractivity contribution >= 4 is 17.5 Å². The first-order valence-electron chi connectivity index (χ1n) is 4.03. The molecule has 0 saturated heterocycles. The van der Waals surface area contributed by atoms with Gasteiger partial charge in [0, 0.05) is 6.42 Å². The first kappa shape index (κ1) is 10.8. The van der Waals surface area contributed by atoms with Crippen LogP contribution >= 0.6 is 11.8 Å². The standard InChI is InChI=1S/C9H16OS/c1-3-4-5-6-9(10)7-8-11-2/h7-8H,3-6H2,1-2H3. The minimum atomic E-state index is 0.257. The monoisotopic (exact) mass is 172 g/mol. The normalized spacial score (nSPS) is 10.7. The summed E-state index contributed by atoms with van der Waals surface area (Å²) < 4.78 is 0. The molecule has 0 aliphatic rings. The number of thioether (sulfide) groups is 1. The molecule has 0 rings (SSSR count). The number of allylic oxidation sites excluding steroid dienone is 1. The zero-order valence-electron chi connectivity index (χ0n) is 7.30. The van der Waals surface area contributed by atoms with Crippen molar-refractivity contribution in [1.82, 2.24) is 0 Å². The highest BCUT2D eigenvalue weighted by Crippen LogP contribution is 2.01. The van der Waals surface area contributed by atoms with Gasteiger partial charge in [0.15, 0.2) is 5.78 Å². The average molecular weight is 172 g/mol. The Morgan fingerprint density at radius 3 is 2.73 bits per heavy atom. The van der Waals surface area contributed by atoms with Crippen molar-refractivity contribution in [3.63, 3.8) is 0 Å². The number of carbonyl (C=O) groups excluding carboxylic acids is 1. The number of unbranched alkanes of at least 4 members (excludes halogenated alkanes) is 2. The van der Waals surface area contributed by atoms with E-state index < -0.39 is 0 Å². The van der Waals surface area contributed by atoms with Crippen molar-refractivity contribution in [2.75, 3.05) is 6.26 Å². The Hall–Kier alpha value is -0.240. The van der Waals surface area contributed by atoms with E-state index in [0.717, 1.165) is 6.42 Å². The minimum absolute atomic E-state index is 0.257. The van der Waals surface area contributed by atoms with Crippen molar-refractivity contribution in [2.45, 2.75) is 32.6 Å². The molecule has 0 aromatic carbocycles. The van der Waals surface area contributed by atoms with E-state index in [4.69, 9.17) is 0 Å². The van der Waals surface area contributed by atoms with Gasteiger partial charge in [-0.1, -0.05) is 19.8 Å². The van der Waals surface area contributed by atoms with Crippen LogP contribution in [-0.2, 0) is 4.79 Å². The second-order valence-corrected chi connectivity index (χ2v) is 3.21. The molecule has 2 heteroatoms. The van der Waals surface area contributed by atoms with Crippen molar-refractivity contribution < 1.29 is 4.79 Å². The lowest BCUT2D eigenvalue weighted by Crippen LogP contribution is -1.90. The van der Waals surface area contributed by atoms with E-state index in [2.05, 4.69) is 6.92 Å². The van der Waals surface area contributed by atoms with Gasteiger partial charge in [-0.2, -0.15) is 0 Å². The molecule has 0 aromatic heterocycles. The van der Waals surface area contributed by atoms with Crippen LogP contribution in [-0.4, -0.2) is 12.0 Å². The molecule has 0 atom stereocenters. The molecule has 64 valence electrons. The molecule has 0 heterocycles. The van der Waals surface area contributed by atoms with Crippen LogP contribution in [0.3, 0.4) is 0 Å². The molecule has 0 amide bonds. The van der Waals surface area contributed by atoms with E-state index in [1.165, 1.54) is 12.8 Å². The Morgan fingerprint density at radius 2 is 2.18 bits per heavy atom. The van der Waals surface area contributed by atoms with Crippen LogP contribution in [0.5, 0.6) is 0 Å². The fourth-order valence-corrected chi connectivity index (χ4v) is 1.06. The molecule has 0 N–H and O–H groups in total. The maximum Gasteiger partial charge on any atom is 0.156 e. The number of carbonyl (C=O) groups is 1. The molecule has 0 spiro atoms. The van der Waals surface area contributed by atoms with E-state index in [-0.39, 0.29) is 5.78 Å². The van der Waals surface area contributed by atoms with Gasteiger partial charge in [0.2, 0.25) is 0 Å². The summed E-state index contributed by atoms with van der Waals surface area (Å²) in [6.45, 7) is 2.14. The van der Waals surface area contributed by atoms with Crippen LogP contribution in [0.2, 0.25) is 0 Å². The molecule has 1 nitrogen and oxygen atoms in total. The summed E-state index contributed by atoms with van der Waals surface area (Å²) >= 11 is 1.57. The van der Waals surface area contributed by atoms with Crippen LogP contribution in [0.4, 0.5) is 0 Å². The summed E-state index contributed by atoms with van der Waals surface area (Å²) in [4.78, 5) is 11.0. The van der Waals surface area contributed by atoms with Crippen molar-refractivity contribution in [3.05, 3.63) is 11.5 Å². The number of hydrogen-bond acceptors (Lipinski definition) is 2. The summed E-state index contributed by atoms with van der Waals surface area (Å²) in [6.07, 6.45) is 7.72. The van der Waals surface area contributed by atoms with Gasteiger partial charge in [-0.15, -0.1) is 11.8 Å². The lowest BCUT2D eigenvalue weighted by atomic mass is 10.1. The van der Waals surface area contributed by atoms with Gasteiger partial charge in [0.25, 0.3) is 0 Å². The Labute approximate surface area is 73.3 Å². The van der Waals surface area contributed by atoms with Gasteiger partial charge in [-0.05, 0) is 24.2 Å². The van der Waals surface area contributed by atoms with Gasteiger partial charge in [-0.3, -0.25) is 4.79 Å². The van der Waals surface area contributed by atoms with E-state index in [1.807, 2.05) is 11.7 Å². The Bertz CT molecular complexity index is 130. The summed E-state index contributed by atoms with van der Waals surface area (Å²) in [5.74, 6) is 0.257. The number of ketones is 1. The second-order valence-electron chi connectivity index (χ2n) is 2.46. The maximum absolute atomic E-state index is 11.0. The first-order valence-corrected chi connectivity index (χ1v) is 5.32. The quantitative estimate of drug-likeness (QED) is 0.452. The summed E-state index contributed by atoms with van der Waals surface area (Å²) in [5.41, 5.74) is 0. The Balaban J connectivity index is 3.30. The smallest absolute Gasteiger partial charge is 0.156 e. The van der Waals surface area contributed by atoms with Crippen LogP contribution in [0.25, 0.3) is 0 Å². The summed E-state index contributed by atoms with van der Waals surface area (Å²) in [5, 5.41) is 1.84. The topological polar surface area (TPSA) is 17.1 Å². The Morgan fingerprint density at radius 1 is 1.45 bits per heavy atom. The van der Waals surface area contributed by atoms with Crippen molar-refractivity contribution in [1.29, 1.82) is 0 Å². The third-order valence-corrected chi connectivity index (χ3v) is 1.82. The fourth-order valence-electron chi connectivity index (χ4n) is 0.776. The summed E-state index contributed by atoms with van der Waals surface area (Å²) in [6, 6.07) is 0. The lowest BCUT2D eigenvalue weighted by Gasteiger charge is -1.92. The first-order chi connectivity index (χ1) is 5.31. The third kappa shape index (κ3) is 7.66. The molecular weight excluding hydrogens is 156 g/mol. The second kappa shape index (κ2) is 7.86. The minimum Gasteiger partial charge on any atom is -0.295 e. The van der Waals surface area contributed by atoms with Crippen LogP contribution < -0.4 is 0 Å². The van der Waals surface area contributed by atoms with Gasteiger partial charge < -0.3 is 0 Å². The highest BCUT2D eigenvalue weighted by atomic mass is 32.2. The molecule has 0 fully saturated rings. The molecule has 0 aromatic rings. The molecule has 0 unspecified atom stereocenters. The molecule has 0 radical (unpaired) electrons. The van der Waals surface area contributed by atoms with E-state index in [9.17, 15) is 4.79 Å². The molecule has 11 heavy (non-hydrogen) atoms. The molecule has 0 saturated carbocycles. The predicted octanol–water partition coefficient (Wildman–Crippen LogP) is 3.01. The maximum atomic E-state index is 11.0. The van der Waals surface area contributed by atoms with E-state index >= 15 is 0 Å². The average Bonchev–Trinajstić information content (AvgIpc) is 2.01. The van der Waals surface area contributed by atoms with Gasteiger partial charge in [0.1, 0.15) is 0 Å². The largest absolute Gasteiger partial charge is 0.295 e. The fraction of sp³-hybridized carbons (Fsp3) is 0.667. The van der Waals surface area contributed by atoms with Crippen LogP contribution in [0.1, 0.15) is 32.6 Å². The van der Waals surface area contributed by atoms with Crippen LogP contribution in [0.15, 0.2) is 11.5 Å². The molecule has 0 bridgehead atoms. The number of hydrogen-bond donors (Lipinski definition) is 0. The van der Waals surface area contributed by atoms with E-state index in [0.29, 0.717) is 6.42 Å². The van der Waals surface area contributed by atoms with Gasteiger partial charge in [-0.25, -0.2) is 0 Å². The third-order valence-electron chi connectivity index (χ3n) is 1.42. The SMILES string of the molecule is CCCCCC(=O)C=CSC. The highest BCUT2D eigenvalue weighted by Gasteiger charge is 1.94. The molecule has 0 aliphatic carbocycles. The predicted molar refractivity (Wildman–Crippen MR) is 51.8 cm³/mol.